The molecule has 0 saturated carbocycles. The fourth-order valence-electron chi connectivity index (χ4n) is 1.92. The van der Waals surface area contributed by atoms with Crippen LogP contribution >= 0.6 is 0 Å². The number of nitrogens with zero attached hydrogens (tertiary/aromatic N) is 2. The Kier molecular flexibility index (Phi) is 7.09. The summed E-state index contributed by atoms with van der Waals surface area (Å²) in [6.07, 6.45) is 0. The summed E-state index contributed by atoms with van der Waals surface area (Å²) in [5.41, 5.74) is 0.984. The number of hydrogen-bond acceptors (Lipinski definition) is 3. The van der Waals surface area contributed by atoms with E-state index in [9.17, 15) is 4.79 Å². The predicted octanol–water partition coefficient (Wildman–Crippen LogP) is 2.14. The molecule has 0 saturated heterocycles. The number of rotatable bonds is 8. The highest BCUT2D eigenvalue weighted by atomic mass is 16.2. The van der Waals surface area contributed by atoms with Crippen molar-refractivity contribution in [3.05, 3.63) is 30.3 Å². The molecule has 20 heavy (non-hydrogen) atoms. The number of nitrogens with one attached hydrogen (secondary N) is 1. The predicted molar refractivity (Wildman–Crippen MR) is 84.9 cm³/mol. The molecule has 0 bridgehead atoms. The van der Waals surface area contributed by atoms with Gasteiger partial charge in [-0.15, -0.1) is 0 Å². The minimum atomic E-state index is 0.157. The highest BCUT2D eigenvalue weighted by molar-refractivity contribution is 5.80. The van der Waals surface area contributed by atoms with Crippen LogP contribution < -0.4 is 5.32 Å². The van der Waals surface area contributed by atoms with Gasteiger partial charge in [-0.3, -0.25) is 4.79 Å². The molecule has 0 aliphatic heterocycles. The number of para-hydroxylation sites is 1. The SMILES string of the molecule is CC(C)CN(CCN(C)C)C(=O)CNc1ccccc1. The molecule has 1 rings (SSSR count). The fourth-order valence-corrected chi connectivity index (χ4v) is 1.92. The quantitative estimate of drug-likeness (QED) is 0.791. The first-order chi connectivity index (χ1) is 9.49. The van der Waals surface area contributed by atoms with E-state index in [0.717, 1.165) is 25.3 Å². The Balaban J connectivity index is 2.49. The Hall–Kier alpha value is -1.55. The van der Waals surface area contributed by atoms with Crippen molar-refractivity contribution >= 4 is 11.6 Å². The first-order valence-electron chi connectivity index (χ1n) is 7.20. The highest BCUT2D eigenvalue weighted by Crippen LogP contribution is 2.05. The van der Waals surface area contributed by atoms with Crippen LogP contribution in [0.4, 0.5) is 5.69 Å². The molecule has 1 amide bonds. The molecule has 112 valence electrons. The summed E-state index contributed by atoms with van der Waals surface area (Å²) in [6.45, 7) is 7.11. The number of benzene rings is 1. The van der Waals surface area contributed by atoms with Crippen LogP contribution in [0.2, 0.25) is 0 Å². The highest BCUT2D eigenvalue weighted by Gasteiger charge is 2.14. The van der Waals surface area contributed by atoms with Crippen molar-refractivity contribution in [1.29, 1.82) is 0 Å². The molecule has 0 fully saturated rings. The summed E-state index contributed by atoms with van der Waals surface area (Å²) in [7, 11) is 4.06. The van der Waals surface area contributed by atoms with E-state index in [1.54, 1.807) is 0 Å². The van der Waals surface area contributed by atoms with Gasteiger partial charge in [-0.05, 0) is 32.1 Å². The summed E-state index contributed by atoms with van der Waals surface area (Å²) in [5, 5.41) is 3.18. The largest absolute Gasteiger partial charge is 0.376 e. The molecule has 4 nitrogen and oxygen atoms in total. The zero-order valence-corrected chi connectivity index (χ0v) is 13.1. The normalized spacial score (nSPS) is 10.9. The van der Waals surface area contributed by atoms with E-state index >= 15 is 0 Å². The standard InChI is InChI=1S/C16H27N3O/c1-14(2)13-19(11-10-18(3)4)16(20)12-17-15-8-6-5-7-9-15/h5-9,14,17H,10-13H2,1-4H3. The maximum atomic E-state index is 12.3. The van der Waals surface area contributed by atoms with Gasteiger partial charge in [0.05, 0.1) is 6.54 Å². The number of carbonyl (C=O) groups excluding carboxylic acids is 1. The van der Waals surface area contributed by atoms with Gasteiger partial charge >= 0.3 is 0 Å². The van der Waals surface area contributed by atoms with Crippen molar-refractivity contribution in [2.45, 2.75) is 13.8 Å². The molecule has 0 spiro atoms. The van der Waals surface area contributed by atoms with Crippen LogP contribution in [-0.2, 0) is 4.79 Å². The van der Waals surface area contributed by atoms with Gasteiger partial charge in [0.25, 0.3) is 0 Å². The van der Waals surface area contributed by atoms with Gasteiger partial charge in [-0.25, -0.2) is 0 Å². The van der Waals surface area contributed by atoms with Crippen LogP contribution in [0.5, 0.6) is 0 Å². The molecule has 1 aromatic carbocycles. The molecule has 4 heteroatoms. The van der Waals surface area contributed by atoms with Crippen LogP contribution in [0.25, 0.3) is 0 Å². The molecule has 1 N–H and O–H groups in total. The monoisotopic (exact) mass is 277 g/mol. The minimum Gasteiger partial charge on any atom is -0.376 e. The van der Waals surface area contributed by atoms with Crippen LogP contribution in [0.15, 0.2) is 30.3 Å². The molecular formula is C16H27N3O. The van der Waals surface area contributed by atoms with Crippen molar-refractivity contribution in [2.75, 3.05) is 45.6 Å². The summed E-state index contributed by atoms with van der Waals surface area (Å²) in [4.78, 5) is 16.4. The number of hydrogen-bond donors (Lipinski definition) is 1. The van der Waals surface area contributed by atoms with Crippen molar-refractivity contribution in [3.63, 3.8) is 0 Å². The lowest BCUT2D eigenvalue weighted by Crippen LogP contribution is -2.41. The fraction of sp³-hybridized carbons (Fsp3) is 0.562. The average molecular weight is 277 g/mol. The molecule has 0 aliphatic rings. The Morgan fingerprint density at radius 3 is 2.35 bits per heavy atom. The van der Waals surface area contributed by atoms with E-state index in [-0.39, 0.29) is 5.91 Å². The van der Waals surface area contributed by atoms with Crippen LogP contribution in [0, 0.1) is 5.92 Å². The third-order valence-corrected chi connectivity index (χ3v) is 2.97. The molecule has 0 aromatic heterocycles. The lowest BCUT2D eigenvalue weighted by Gasteiger charge is -2.26. The number of anilines is 1. The molecule has 0 radical (unpaired) electrons. The van der Waals surface area contributed by atoms with Gasteiger partial charge in [0.15, 0.2) is 0 Å². The van der Waals surface area contributed by atoms with E-state index in [2.05, 4.69) is 24.1 Å². The van der Waals surface area contributed by atoms with Crippen LogP contribution in [-0.4, -0.2) is 56.0 Å². The Morgan fingerprint density at radius 2 is 1.80 bits per heavy atom. The Labute approximate surface area is 122 Å². The number of likely N-dealkylation sites (N-methyl/N-ethyl adjacent to an activating group) is 1. The first-order valence-corrected chi connectivity index (χ1v) is 7.20. The van der Waals surface area contributed by atoms with E-state index in [1.165, 1.54) is 0 Å². The third kappa shape index (κ3) is 6.57. The molecule has 0 heterocycles. The van der Waals surface area contributed by atoms with Crippen LogP contribution in [0.3, 0.4) is 0 Å². The van der Waals surface area contributed by atoms with Gasteiger partial charge in [0.1, 0.15) is 0 Å². The van der Waals surface area contributed by atoms with Gasteiger partial charge in [-0.2, -0.15) is 0 Å². The van der Waals surface area contributed by atoms with Gasteiger partial charge in [0.2, 0.25) is 5.91 Å². The van der Waals surface area contributed by atoms with Crippen molar-refractivity contribution in [3.8, 4) is 0 Å². The lowest BCUT2D eigenvalue weighted by atomic mass is 10.2. The van der Waals surface area contributed by atoms with E-state index in [4.69, 9.17) is 0 Å². The second kappa shape index (κ2) is 8.59. The maximum absolute atomic E-state index is 12.3. The first kappa shape index (κ1) is 16.5. The van der Waals surface area contributed by atoms with Gasteiger partial charge < -0.3 is 15.1 Å². The van der Waals surface area contributed by atoms with E-state index in [0.29, 0.717) is 12.5 Å². The molecule has 0 aliphatic carbocycles. The Morgan fingerprint density at radius 1 is 1.15 bits per heavy atom. The summed E-state index contributed by atoms with van der Waals surface area (Å²) >= 11 is 0. The maximum Gasteiger partial charge on any atom is 0.241 e. The van der Waals surface area contributed by atoms with Gasteiger partial charge in [-0.1, -0.05) is 32.0 Å². The van der Waals surface area contributed by atoms with E-state index < -0.39 is 0 Å². The molecule has 0 atom stereocenters. The zero-order valence-electron chi connectivity index (χ0n) is 13.1. The second-order valence-electron chi connectivity index (χ2n) is 5.76. The van der Waals surface area contributed by atoms with Crippen molar-refractivity contribution in [2.24, 2.45) is 5.92 Å². The average Bonchev–Trinajstić information content (AvgIpc) is 2.41. The third-order valence-electron chi connectivity index (χ3n) is 2.97. The van der Waals surface area contributed by atoms with Gasteiger partial charge in [0, 0.05) is 25.3 Å². The van der Waals surface area contributed by atoms with Crippen LogP contribution in [0.1, 0.15) is 13.8 Å². The zero-order chi connectivity index (χ0) is 15.0. The Bertz CT molecular complexity index is 390. The topological polar surface area (TPSA) is 35.6 Å². The molecule has 0 unspecified atom stereocenters. The molecular weight excluding hydrogens is 250 g/mol. The van der Waals surface area contributed by atoms with E-state index in [1.807, 2.05) is 49.3 Å². The van der Waals surface area contributed by atoms with Crippen molar-refractivity contribution in [1.82, 2.24) is 9.80 Å². The number of carbonyl (C=O) groups is 1. The summed E-state index contributed by atoms with van der Waals surface area (Å²) in [6, 6.07) is 9.84. The van der Waals surface area contributed by atoms with Crippen molar-refractivity contribution < 1.29 is 4.79 Å². The smallest absolute Gasteiger partial charge is 0.241 e. The minimum absolute atomic E-state index is 0.157. The number of amides is 1. The lowest BCUT2D eigenvalue weighted by molar-refractivity contribution is -0.130. The second-order valence-corrected chi connectivity index (χ2v) is 5.76. The summed E-state index contributed by atoms with van der Waals surface area (Å²) < 4.78 is 0. The summed E-state index contributed by atoms with van der Waals surface area (Å²) in [5.74, 6) is 0.641. The molecule has 1 aromatic rings.